The van der Waals surface area contributed by atoms with E-state index in [1.54, 1.807) is 18.2 Å². The molecule has 29 heavy (non-hydrogen) atoms. The molecule has 6 nitrogen and oxygen atoms in total. The van der Waals surface area contributed by atoms with Crippen molar-refractivity contribution >= 4 is 45.9 Å². The van der Waals surface area contributed by atoms with Gasteiger partial charge in [0.05, 0.1) is 29.8 Å². The number of rotatable bonds is 7. The van der Waals surface area contributed by atoms with Gasteiger partial charge in [-0.3, -0.25) is 14.2 Å². The predicted octanol–water partition coefficient (Wildman–Crippen LogP) is 3.71. The second kappa shape index (κ2) is 9.34. The van der Waals surface area contributed by atoms with Crippen LogP contribution < -0.4 is 10.9 Å². The lowest BCUT2D eigenvalue weighted by molar-refractivity contribution is -0.113. The normalized spacial score (nSPS) is 11.0. The van der Waals surface area contributed by atoms with Crippen molar-refractivity contribution in [2.75, 3.05) is 24.8 Å². The molecule has 10 heteroatoms. The summed E-state index contributed by atoms with van der Waals surface area (Å²) in [5.41, 5.74) is -0.431. The Morgan fingerprint density at radius 3 is 2.69 bits per heavy atom. The largest absolute Gasteiger partial charge is 0.383 e. The maximum atomic E-state index is 13.7. The molecule has 0 aliphatic rings. The number of benzene rings is 2. The minimum atomic E-state index is -0.876. The fourth-order valence-corrected chi connectivity index (χ4v) is 3.58. The summed E-state index contributed by atoms with van der Waals surface area (Å²) in [4.78, 5) is 29.4. The Bertz CT molecular complexity index is 1100. The Hall–Kier alpha value is -2.49. The second-order valence-corrected chi connectivity index (χ2v) is 7.32. The number of methoxy groups -OCH3 is 1. The summed E-state index contributed by atoms with van der Waals surface area (Å²) < 4.78 is 33.8. The van der Waals surface area contributed by atoms with Gasteiger partial charge in [-0.1, -0.05) is 29.4 Å². The van der Waals surface area contributed by atoms with Gasteiger partial charge in [0, 0.05) is 12.1 Å². The zero-order valence-corrected chi connectivity index (χ0v) is 16.8. The van der Waals surface area contributed by atoms with Crippen LogP contribution in [0, 0.1) is 11.6 Å². The standard InChI is InChI=1S/C19H16ClF2N3O3S/c1-28-8-7-25-18(27)12-6-5-11(20)9-15(12)23-19(25)29-10-16(26)24-17-13(21)3-2-4-14(17)22/h2-6,9H,7-8,10H2,1H3,(H,24,26). The first kappa shape index (κ1) is 21.2. The number of halogens is 3. The van der Waals surface area contributed by atoms with E-state index in [-0.39, 0.29) is 29.6 Å². The van der Waals surface area contributed by atoms with Crippen LogP contribution in [0.15, 0.2) is 46.3 Å². The second-order valence-electron chi connectivity index (χ2n) is 5.94. The number of nitrogens with one attached hydrogen (secondary N) is 1. The van der Waals surface area contributed by atoms with Crippen LogP contribution >= 0.6 is 23.4 Å². The molecule has 0 unspecified atom stereocenters. The van der Waals surface area contributed by atoms with E-state index in [1.807, 2.05) is 0 Å². The van der Waals surface area contributed by atoms with Crippen molar-refractivity contribution in [1.82, 2.24) is 9.55 Å². The molecule has 0 bridgehead atoms. The molecule has 0 radical (unpaired) electrons. The number of ether oxygens (including phenoxy) is 1. The van der Waals surface area contributed by atoms with E-state index in [9.17, 15) is 18.4 Å². The van der Waals surface area contributed by atoms with Crippen LogP contribution in [0.4, 0.5) is 14.5 Å². The van der Waals surface area contributed by atoms with Crippen molar-refractivity contribution in [2.45, 2.75) is 11.7 Å². The van der Waals surface area contributed by atoms with Crippen LogP contribution in [-0.2, 0) is 16.1 Å². The molecule has 2 aromatic carbocycles. The maximum absolute atomic E-state index is 13.7. The SMILES string of the molecule is COCCn1c(SCC(=O)Nc2c(F)cccc2F)nc2cc(Cl)ccc2c1=O. The third-order valence-electron chi connectivity index (χ3n) is 3.96. The molecule has 1 aromatic heterocycles. The summed E-state index contributed by atoms with van der Waals surface area (Å²) in [5, 5.41) is 3.27. The topological polar surface area (TPSA) is 73.2 Å². The number of para-hydroxylation sites is 1. The number of carbonyl (C=O) groups is 1. The third kappa shape index (κ3) is 4.92. The minimum Gasteiger partial charge on any atom is -0.383 e. The summed E-state index contributed by atoms with van der Waals surface area (Å²) in [7, 11) is 1.50. The van der Waals surface area contributed by atoms with E-state index in [4.69, 9.17) is 16.3 Å². The molecule has 1 heterocycles. The van der Waals surface area contributed by atoms with E-state index < -0.39 is 23.2 Å². The van der Waals surface area contributed by atoms with Gasteiger partial charge in [0.15, 0.2) is 5.16 Å². The van der Waals surface area contributed by atoms with Crippen LogP contribution in [0.2, 0.25) is 5.02 Å². The van der Waals surface area contributed by atoms with Crippen LogP contribution in [0.5, 0.6) is 0 Å². The van der Waals surface area contributed by atoms with Crippen LogP contribution in [0.3, 0.4) is 0 Å². The number of hydrogen-bond acceptors (Lipinski definition) is 5. The number of thioether (sulfide) groups is 1. The molecule has 3 rings (SSSR count). The Labute approximate surface area is 173 Å². The molecule has 0 saturated carbocycles. The average Bonchev–Trinajstić information content (AvgIpc) is 2.68. The summed E-state index contributed by atoms with van der Waals surface area (Å²) in [6.07, 6.45) is 0. The minimum absolute atomic E-state index is 0.209. The first-order valence-electron chi connectivity index (χ1n) is 8.46. The smallest absolute Gasteiger partial charge is 0.262 e. The van der Waals surface area contributed by atoms with Crippen molar-refractivity contribution in [1.29, 1.82) is 0 Å². The van der Waals surface area contributed by atoms with Crippen LogP contribution in [0.1, 0.15) is 0 Å². The summed E-state index contributed by atoms with van der Waals surface area (Å²) in [5.74, 6) is -2.60. The van der Waals surface area contributed by atoms with Gasteiger partial charge in [-0.15, -0.1) is 0 Å². The highest BCUT2D eigenvalue weighted by molar-refractivity contribution is 7.99. The molecule has 0 atom stereocenters. The number of nitrogens with zero attached hydrogens (tertiary/aromatic N) is 2. The van der Waals surface area contributed by atoms with Crippen molar-refractivity contribution in [3.05, 3.63) is 63.4 Å². The van der Waals surface area contributed by atoms with Gasteiger partial charge >= 0.3 is 0 Å². The number of aromatic nitrogens is 2. The van der Waals surface area contributed by atoms with Crippen molar-refractivity contribution in [3.8, 4) is 0 Å². The first-order valence-corrected chi connectivity index (χ1v) is 9.82. The van der Waals surface area contributed by atoms with Gasteiger partial charge in [-0.2, -0.15) is 0 Å². The molecule has 1 amide bonds. The van der Waals surface area contributed by atoms with Crippen molar-refractivity contribution in [2.24, 2.45) is 0 Å². The predicted molar refractivity (Wildman–Crippen MR) is 109 cm³/mol. The molecule has 152 valence electrons. The molecule has 1 N–H and O–H groups in total. The van der Waals surface area contributed by atoms with Gasteiger partial charge in [-0.05, 0) is 30.3 Å². The number of anilines is 1. The first-order chi connectivity index (χ1) is 13.9. The van der Waals surface area contributed by atoms with Gasteiger partial charge < -0.3 is 10.1 Å². The third-order valence-corrected chi connectivity index (χ3v) is 5.17. The Morgan fingerprint density at radius 2 is 2.00 bits per heavy atom. The number of fused-ring (bicyclic) bond motifs is 1. The fourth-order valence-electron chi connectivity index (χ4n) is 2.59. The fraction of sp³-hybridized carbons (Fsp3) is 0.211. The number of hydrogen-bond donors (Lipinski definition) is 1. The zero-order valence-electron chi connectivity index (χ0n) is 15.2. The lowest BCUT2D eigenvalue weighted by Gasteiger charge is -2.13. The van der Waals surface area contributed by atoms with E-state index in [0.717, 1.165) is 23.9 Å². The Morgan fingerprint density at radius 1 is 1.28 bits per heavy atom. The highest BCUT2D eigenvalue weighted by Crippen LogP contribution is 2.22. The highest BCUT2D eigenvalue weighted by Gasteiger charge is 2.16. The molecule has 3 aromatic rings. The maximum Gasteiger partial charge on any atom is 0.262 e. The molecule has 0 aliphatic heterocycles. The molecule has 0 fully saturated rings. The zero-order chi connectivity index (χ0) is 21.0. The molecular formula is C19H16ClF2N3O3S. The summed E-state index contributed by atoms with van der Waals surface area (Å²) in [6.45, 7) is 0.494. The van der Waals surface area contributed by atoms with E-state index in [0.29, 0.717) is 15.9 Å². The Kier molecular flexibility index (Phi) is 6.83. The molecule has 0 aliphatic carbocycles. The average molecular weight is 440 g/mol. The van der Waals surface area contributed by atoms with Gasteiger partial charge in [0.25, 0.3) is 5.56 Å². The van der Waals surface area contributed by atoms with Crippen molar-refractivity contribution in [3.63, 3.8) is 0 Å². The van der Waals surface area contributed by atoms with E-state index >= 15 is 0 Å². The monoisotopic (exact) mass is 439 g/mol. The molecule has 0 saturated heterocycles. The van der Waals surface area contributed by atoms with Gasteiger partial charge in [0.2, 0.25) is 5.91 Å². The van der Waals surface area contributed by atoms with Gasteiger partial charge in [-0.25, -0.2) is 13.8 Å². The molecular weight excluding hydrogens is 424 g/mol. The Balaban J connectivity index is 1.86. The van der Waals surface area contributed by atoms with E-state index in [2.05, 4.69) is 10.3 Å². The lowest BCUT2D eigenvalue weighted by Crippen LogP contribution is -2.26. The quantitative estimate of drug-likeness (QED) is 0.449. The highest BCUT2D eigenvalue weighted by atomic mass is 35.5. The van der Waals surface area contributed by atoms with Crippen LogP contribution in [0.25, 0.3) is 10.9 Å². The van der Waals surface area contributed by atoms with Crippen molar-refractivity contribution < 1.29 is 18.3 Å². The summed E-state index contributed by atoms with van der Waals surface area (Å²) in [6, 6.07) is 8.02. The molecule has 0 spiro atoms. The summed E-state index contributed by atoms with van der Waals surface area (Å²) >= 11 is 6.95. The number of carbonyl (C=O) groups excluding carboxylic acids is 1. The van der Waals surface area contributed by atoms with Gasteiger partial charge in [0.1, 0.15) is 17.3 Å². The van der Waals surface area contributed by atoms with E-state index in [1.165, 1.54) is 17.7 Å². The van der Waals surface area contributed by atoms with Crippen LogP contribution in [-0.4, -0.2) is 34.9 Å². The lowest BCUT2D eigenvalue weighted by atomic mass is 10.2. The number of amides is 1.